The molecule has 2 fully saturated rings. The summed E-state index contributed by atoms with van der Waals surface area (Å²) in [6, 6.07) is 8.60. The minimum atomic E-state index is -0.595. The van der Waals surface area contributed by atoms with E-state index in [-0.39, 0.29) is 18.0 Å². The minimum absolute atomic E-state index is 0.0670. The number of carbonyl (C=O) groups is 2. The molecule has 1 saturated carbocycles. The zero-order valence-corrected chi connectivity index (χ0v) is 15.5. The highest BCUT2D eigenvalue weighted by atomic mass is 32.1. The number of nitrogens with zero attached hydrogens (tertiary/aromatic N) is 2. The van der Waals surface area contributed by atoms with Crippen LogP contribution in [0.4, 0.5) is 4.79 Å². The molecule has 3 amide bonds. The number of thiazole rings is 1. The lowest BCUT2D eigenvalue weighted by Crippen LogP contribution is -2.55. The van der Waals surface area contributed by atoms with Crippen molar-refractivity contribution in [3.8, 4) is 0 Å². The first kappa shape index (κ1) is 17.0. The molecular formula is C19H22N4O2S. The molecule has 2 atom stereocenters. The highest BCUT2D eigenvalue weighted by Crippen LogP contribution is 2.42. The number of hydrogen-bond acceptors (Lipinski definition) is 4. The predicted octanol–water partition coefficient (Wildman–Crippen LogP) is 2.79. The molecule has 2 aliphatic rings. The van der Waals surface area contributed by atoms with E-state index in [2.05, 4.69) is 15.6 Å². The first-order valence-electron chi connectivity index (χ1n) is 8.95. The Morgan fingerprint density at radius 1 is 1.35 bits per heavy atom. The lowest BCUT2D eigenvalue weighted by atomic mass is 10.0. The van der Waals surface area contributed by atoms with Gasteiger partial charge < -0.3 is 15.5 Å². The van der Waals surface area contributed by atoms with Crippen LogP contribution in [0.15, 0.2) is 35.7 Å². The second-order valence-electron chi connectivity index (χ2n) is 6.89. The van der Waals surface area contributed by atoms with Gasteiger partial charge >= 0.3 is 6.03 Å². The van der Waals surface area contributed by atoms with Gasteiger partial charge in [0.05, 0.1) is 6.04 Å². The zero-order valence-electron chi connectivity index (χ0n) is 14.6. The highest BCUT2D eigenvalue weighted by molar-refractivity contribution is 7.09. The Labute approximate surface area is 156 Å². The molecule has 6 nitrogen and oxygen atoms in total. The molecule has 1 aliphatic carbocycles. The Morgan fingerprint density at radius 3 is 2.77 bits per heavy atom. The van der Waals surface area contributed by atoms with E-state index in [0.717, 1.165) is 29.1 Å². The van der Waals surface area contributed by atoms with Gasteiger partial charge in [0.1, 0.15) is 11.0 Å². The number of piperazine rings is 1. The summed E-state index contributed by atoms with van der Waals surface area (Å²) in [5, 5.41) is 8.99. The summed E-state index contributed by atoms with van der Waals surface area (Å²) in [7, 11) is 0. The molecule has 7 heteroatoms. The van der Waals surface area contributed by atoms with Crippen LogP contribution in [0.3, 0.4) is 0 Å². The SMILES string of the molecule is Cc1csc(C(NC(=O)N2CCNC(=O)C2c2ccccc2)C2CC2)n1. The number of benzene rings is 1. The molecule has 2 aromatic rings. The maximum absolute atomic E-state index is 13.1. The molecule has 2 heterocycles. The van der Waals surface area contributed by atoms with Crippen LogP contribution in [0.25, 0.3) is 0 Å². The number of rotatable bonds is 4. The topological polar surface area (TPSA) is 74.3 Å². The Balaban J connectivity index is 1.56. The van der Waals surface area contributed by atoms with Gasteiger partial charge in [-0.15, -0.1) is 11.3 Å². The van der Waals surface area contributed by atoms with Crippen molar-refractivity contribution in [1.29, 1.82) is 0 Å². The van der Waals surface area contributed by atoms with Crippen molar-refractivity contribution in [3.05, 3.63) is 52.0 Å². The third kappa shape index (κ3) is 3.44. The second-order valence-corrected chi connectivity index (χ2v) is 7.78. The molecular weight excluding hydrogens is 348 g/mol. The number of amides is 3. The average Bonchev–Trinajstić information content (AvgIpc) is 3.40. The van der Waals surface area contributed by atoms with E-state index < -0.39 is 6.04 Å². The number of carbonyl (C=O) groups excluding carboxylic acids is 2. The quantitative estimate of drug-likeness (QED) is 0.869. The monoisotopic (exact) mass is 370 g/mol. The maximum Gasteiger partial charge on any atom is 0.318 e. The van der Waals surface area contributed by atoms with E-state index in [0.29, 0.717) is 19.0 Å². The first-order chi connectivity index (χ1) is 12.6. The number of nitrogens with one attached hydrogen (secondary N) is 2. The van der Waals surface area contributed by atoms with Crippen molar-refractivity contribution in [2.75, 3.05) is 13.1 Å². The van der Waals surface area contributed by atoms with E-state index in [4.69, 9.17) is 0 Å². The molecule has 1 aliphatic heterocycles. The lowest BCUT2D eigenvalue weighted by molar-refractivity contribution is -0.127. The summed E-state index contributed by atoms with van der Waals surface area (Å²) in [6.07, 6.45) is 2.21. The normalized spacial score (nSPS) is 21.2. The fraction of sp³-hybridized carbons (Fsp3) is 0.421. The molecule has 26 heavy (non-hydrogen) atoms. The summed E-state index contributed by atoms with van der Waals surface area (Å²) in [6.45, 7) is 2.93. The van der Waals surface area contributed by atoms with Crippen LogP contribution in [0.2, 0.25) is 0 Å². The third-order valence-electron chi connectivity index (χ3n) is 4.86. The van der Waals surface area contributed by atoms with Gasteiger partial charge in [-0.05, 0) is 31.2 Å². The van der Waals surface area contributed by atoms with E-state index in [9.17, 15) is 9.59 Å². The van der Waals surface area contributed by atoms with Gasteiger partial charge in [0, 0.05) is 24.2 Å². The van der Waals surface area contributed by atoms with Crippen molar-refractivity contribution in [3.63, 3.8) is 0 Å². The van der Waals surface area contributed by atoms with E-state index in [1.807, 2.05) is 42.6 Å². The molecule has 1 aromatic carbocycles. The number of hydrogen-bond donors (Lipinski definition) is 2. The molecule has 2 N–H and O–H groups in total. The maximum atomic E-state index is 13.1. The van der Waals surface area contributed by atoms with Crippen molar-refractivity contribution in [2.24, 2.45) is 5.92 Å². The first-order valence-corrected chi connectivity index (χ1v) is 9.83. The van der Waals surface area contributed by atoms with Gasteiger partial charge in [0.2, 0.25) is 5.91 Å². The summed E-state index contributed by atoms with van der Waals surface area (Å²) < 4.78 is 0. The standard InChI is InChI=1S/C19H22N4O2S/c1-12-11-26-18(21-12)15(13-7-8-13)22-19(25)23-10-9-20-17(24)16(23)14-5-3-2-4-6-14/h2-6,11,13,15-16H,7-10H2,1H3,(H,20,24)(H,22,25). The predicted molar refractivity (Wildman–Crippen MR) is 99.7 cm³/mol. The van der Waals surface area contributed by atoms with Crippen molar-refractivity contribution in [2.45, 2.75) is 31.8 Å². The largest absolute Gasteiger partial charge is 0.352 e. The van der Waals surface area contributed by atoms with E-state index in [1.54, 1.807) is 16.2 Å². The van der Waals surface area contributed by atoms with Gasteiger partial charge in [-0.25, -0.2) is 9.78 Å². The van der Waals surface area contributed by atoms with Crippen molar-refractivity contribution in [1.82, 2.24) is 20.5 Å². The Kier molecular flexibility index (Phi) is 4.63. The molecule has 2 unspecified atom stereocenters. The van der Waals surface area contributed by atoms with Crippen LogP contribution in [0.1, 0.15) is 41.2 Å². The smallest absolute Gasteiger partial charge is 0.318 e. The highest BCUT2D eigenvalue weighted by Gasteiger charge is 2.39. The third-order valence-corrected chi connectivity index (χ3v) is 5.91. The lowest BCUT2D eigenvalue weighted by Gasteiger charge is -2.36. The average molecular weight is 370 g/mol. The van der Waals surface area contributed by atoms with Crippen LogP contribution in [0, 0.1) is 12.8 Å². The Bertz CT molecular complexity index is 803. The zero-order chi connectivity index (χ0) is 18.1. The fourth-order valence-electron chi connectivity index (χ4n) is 3.39. The number of urea groups is 1. The molecule has 4 rings (SSSR count). The summed E-state index contributed by atoms with van der Waals surface area (Å²) in [5.41, 5.74) is 1.80. The summed E-state index contributed by atoms with van der Waals surface area (Å²) in [5.74, 6) is 0.309. The molecule has 0 bridgehead atoms. The van der Waals surface area contributed by atoms with Gasteiger partial charge in [-0.2, -0.15) is 0 Å². The molecule has 0 spiro atoms. The van der Waals surface area contributed by atoms with Gasteiger partial charge in [-0.3, -0.25) is 4.79 Å². The minimum Gasteiger partial charge on any atom is -0.352 e. The number of aryl methyl sites for hydroxylation is 1. The van der Waals surface area contributed by atoms with Gasteiger partial charge in [0.15, 0.2) is 0 Å². The number of aromatic nitrogens is 1. The van der Waals surface area contributed by atoms with E-state index in [1.165, 1.54) is 0 Å². The molecule has 1 aromatic heterocycles. The Hall–Kier alpha value is -2.41. The molecule has 136 valence electrons. The van der Waals surface area contributed by atoms with Crippen LogP contribution < -0.4 is 10.6 Å². The van der Waals surface area contributed by atoms with Crippen LogP contribution in [-0.4, -0.2) is 34.9 Å². The Morgan fingerprint density at radius 2 is 2.12 bits per heavy atom. The fourth-order valence-corrected chi connectivity index (χ4v) is 4.33. The van der Waals surface area contributed by atoms with Gasteiger partial charge in [0.25, 0.3) is 0 Å². The molecule has 1 saturated heterocycles. The van der Waals surface area contributed by atoms with E-state index >= 15 is 0 Å². The summed E-state index contributed by atoms with van der Waals surface area (Å²) in [4.78, 5) is 31.7. The van der Waals surface area contributed by atoms with Crippen LogP contribution in [-0.2, 0) is 4.79 Å². The van der Waals surface area contributed by atoms with Crippen molar-refractivity contribution < 1.29 is 9.59 Å². The summed E-state index contributed by atoms with van der Waals surface area (Å²) >= 11 is 1.59. The molecule has 0 radical (unpaired) electrons. The van der Waals surface area contributed by atoms with Crippen molar-refractivity contribution >= 4 is 23.3 Å². The second kappa shape index (κ2) is 7.07. The van der Waals surface area contributed by atoms with Crippen LogP contribution in [0.5, 0.6) is 0 Å². The van der Waals surface area contributed by atoms with Crippen LogP contribution >= 0.6 is 11.3 Å². The van der Waals surface area contributed by atoms with Gasteiger partial charge in [-0.1, -0.05) is 30.3 Å².